The van der Waals surface area contributed by atoms with E-state index < -0.39 is 11.8 Å². The van der Waals surface area contributed by atoms with E-state index in [1.165, 1.54) is 12.1 Å². The van der Waals surface area contributed by atoms with Crippen molar-refractivity contribution in [2.45, 2.75) is 6.92 Å². The van der Waals surface area contributed by atoms with E-state index in [9.17, 15) is 9.18 Å². The van der Waals surface area contributed by atoms with Crippen LogP contribution in [0.25, 0.3) is 11.6 Å². The van der Waals surface area contributed by atoms with Gasteiger partial charge in [0.15, 0.2) is 0 Å². The highest BCUT2D eigenvalue weighted by atomic mass is 19.1. The van der Waals surface area contributed by atoms with Crippen molar-refractivity contribution in [2.24, 2.45) is 0 Å². The van der Waals surface area contributed by atoms with Crippen LogP contribution in [0.1, 0.15) is 17.6 Å². The fourth-order valence-electron chi connectivity index (χ4n) is 1.10. The molecule has 0 saturated carbocycles. The number of halogens is 1. The fraction of sp³-hybridized carbons (Fsp3) is 0.200. The number of carbonyl (C=O) groups is 1. The second-order valence-electron chi connectivity index (χ2n) is 2.99. The molecular formula is C10H8FN3O3. The van der Waals surface area contributed by atoms with E-state index >= 15 is 0 Å². The minimum Gasteiger partial charge on any atom is -0.459 e. The lowest BCUT2D eigenvalue weighted by Gasteiger charge is -1.95. The molecule has 0 N–H and O–H groups in total. The lowest BCUT2D eigenvalue weighted by Crippen LogP contribution is -2.04. The topological polar surface area (TPSA) is 78.1 Å². The van der Waals surface area contributed by atoms with Crippen molar-refractivity contribution in [3.05, 3.63) is 30.0 Å². The Morgan fingerprint density at radius 3 is 2.94 bits per heavy atom. The van der Waals surface area contributed by atoms with Crippen molar-refractivity contribution < 1.29 is 18.3 Å². The molecule has 0 fully saturated rings. The van der Waals surface area contributed by atoms with Crippen molar-refractivity contribution in [3.8, 4) is 11.6 Å². The van der Waals surface area contributed by atoms with E-state index in [0.717, 1.165) is 6.20 Å². The van der Waals surface area contributed by atoms with Gasteiger partial charge >= 0.3 is 11.9 Å². The van der Waals surface area contributed by atoms with Gasteiger partial charge in [0.25, 0.3) is 5.89 Å². The van der Waals surface area contributed by atoms with Gasteiger partial charge in [-0.1, -0.05) is 0 Å². The summed E-state index contributed by atoms with van der Waals surface area (Å²) in [6.07, 6.45) is 1.02. The van der Waals surface area contributed by atoms with Crippen LogP contribution in [0.3, 0.4) is 0 Å². The molecule has 88 valence electrons. The Bertz CT molecular complexity index is 524. The molecule has 2 heterocycles. The predicted octanol–water partition coefficient (Wildman–Crippen LogP) is 1.45. The summed E-state index contributed by atoms with van der Waals surface area (Å²) in [4.78, 5) is 15.0. The molecule has 2 aromatic heterocycles. The number of aromatic nitrogens is 3. The van der Waals surface area contributed by atoms with E-state index in [4.69, 9.17) is 4.42 Å². The number of hydrogen-bond donors (Lipinski definition) is 0. The zero-order chi connectivity index (χ0) is 12.3. The number of pyridine rings is 1. The first-order valence-electron chi connectivity index (χ1n) is 4.83. The van der Waals surface area contributed by atoms with Gasteiger partial charge in [-0.15, -0.1) is 10.2 Å². The zero-order valence-corrected chi connectivity index (χ0v) is 8.88. The average Bonchev–Trinajstić information content (AvgIpc) is 2.80. The number of esters is 1. The van der Waals surface area contributed by atoms with Gasteiger partial charge in [-0.2, -0.15) is 0 Å². The van der Waals surface area contributed by atoms with Crippen molar-refractivity contribution in [1.29, 1.82) is 0 Å². The quantitative estimate of drug-likeness (QED) is 0.752. The third-order valence-corrected chi connectivity index (χ3v) is 1.82. The van der Waals surface area contributed by atoms with Crippen molar-refractivity contribution >= 4 is 5.97 Å². The Morgan fingerprint density at radius 1 is 1.47 bits per heavy atom. The number of nitrogens with zero attached hydrogens (tertiary/aromatic N) is 3. The van der Waals surface area contributed by atoms with Crippen molar-refractivity contribution in [3.63, 3.8) is 0 Å². The lowest BCUT2D eigenvalue weighted by atomic mass is 10.3. The van der Waals surface area contributed by atoms with Gasteiger partial charge < -0.3 is 9.15 Å². The molecule has 6 nitrogen and oxygen atoms in total. The molecule has 0 saturated heterocycles. The van der Waals surface area contributed by atoms with Crippen LogP contribution >= 0.6 is 0 Å². The molecule has 0 atom stereocenters. The minimum atomic E-state index is -0.701. The third-order valence-electron chi connectivity index (χ3n) is 1.82. The van der Waals surface area contributed by atoms with Crippen LogP contribution in [0, 0.1) is 5.82 Å². The van der Waals surface area contributed by atoms with E-state index in [2.05, 4.69) is 19.9 Å². The van der Waals surface area contributed by atoms with Crippen LogP contribution in [-0.2, 0) is 4.74 Å². The number of rotatable bonds is 3. The smallest absolute Gasteiger partial charge is 0.396 e. The molecule has 2 rings (SSSR count). The third kappa shape index (κ3) is 2.44. The van der Waals surface area contributed by atoms with E-state index in [1.807, 2.05) is 0 Å². The normalized spacial score (nSPS) is 10.2. The Kier molecular flexibility index (Phi) is 3.08. The molecule has 0 aliphatic carbocycles. The monoisotopic (exact) mass is 237 g/mol. The minimum absolute atomic E-state index is 0.0352. The molecule has 0 radical (unpaired) electrons. The van der Waals surface area contributed by atoms with Crippen LogP contribution in [0.15, 0.2) is 22.7 Å². The molecule has 2 aromatic rings. The number of hydrogen-bond acceptors (Lipinski definition) is 6. The predicted molar refractivity (Wildman–Crippen MR) is 53.4 cm³/mol. The van der Waals surface area contributed by atoms with Crippen molar-refractivity contribution in [2.75, 3.05) is 6.61 Å². The molecule has 0 spiro atoms. The maximum absolute atomic E-state index is 12.6. The maximum atomic E-state index is 12.6. The van der Waals surface area contributed by atoms with Crippen LogP contribution in [-0.4, -0.2) is 27.8 Å². The Balaban J connectivity index is 2.23. The molecule has 0 aliphatic heterocycles. The molecule has 0 bridgehead atoms. The van der Waals surface area contributed by atoms with Gasteiger partial charge in [-0.25, -0.2) is 14.2 Å². The molecule has 7 heteroatoms. The first-order valence-corrected chi connectivity index (χ1v) is 4.83. The number of carbonyl (C=O) groups excluding carboxylic acids is 1. The zero-order valence-electron chi connectivity index (χ0n) is 8.88. The van der Waals surface area contributed by atoms with Crippen molar-refractivity contribution in [1.82, 2.24) is 15.2 Å². The Hall–Kier alpha value is -2.31. The van der Waals surface area contributed by atoms with Gasteiger partial charge in [0.1, 0.15) is 11.5 Å². The van der Waals surface area contributed by atoms with Gasteiger partial charge in [0, 0.05) is 0 Å². The van der Waals surface area contributed by atoms with Crippen LogP contribution in [0.4, 0.5) is 4.39 Å². The molecule has 17 heavy (non-hydrogen) atoms. The summed E-state index contributed by atoms with van der Waals surface area (Å²) in [6, 6.07) is 2.58. The molecular weight excluding hydrogens is 229 g/mol. The SMILES string of the molecule is CCOC(=O)c1nnc(-c2ccc(F)cn2)o1. The second kappa shape index (κ2) is 4.69. The largest absolute Gasteiger partial charge is 0.459 e. The average molecular weight is 237 g/mol. The van der Waals surface area contributed by atoms with Crippen LogP contribution in [0.5, 0.6) is 0 Å². The Labute approximate surface area is 95.4 Å². The summed E-state index contributed by atoms with van der Waals surface area (Å²) in [7, 11) is 0. The van der Waals surface area contributed by atoms with Crippen LogP contribution < -0.4 is 0 Å². The molecule has 0 amide bonds. The van der Waals surface area contributed by atoms with Gasteiger partial charge in [-0.3, -0.25) is 0 Å². The summed E-state index contributed by atoms with van der Waals surface area (Å²) < 4.78 is 22.4. The van der Waals surface area contributed by atoms with E-state index in [0.29, 0.717) is 0 Å². The summed E-state index contributed by atoms with van der Waals surface area (Å²) in [6.45, 7) is 1.88. The molecule has 0 unspecified atom stereocenters. The highest BCUT2D eigenvalue weighted by Crippen LogP contribution is 2.15. The summed E-state index contributed by atoms with van der Waals surface area (Å²) >= 11 is 0. The standard InChI is InChI=1S/C10H8FN3O3/c1-2-16-10(15)9-14-13-8(17-9)7-4-3-6(11)5-12-7/h3-5H,2H2,1H3. The molecule has 0 aliphatic rings. The highest BCUT2D eigenvalue weighted by molar-refractivity contribution is 5.84. The second-order valence-corrected chi connectivity index (χ2v) is 2.99. The summed E-state index contributed by atoms with van der Waals surface area (Å²) in [5, 5.41) is 7.13. The van der Waals surface area contributed by atoms with Gasteiger partial charge in [-0.05, 0) is 19.1 Å². The highest BCUT2D eigenvalue weighted by Gasteiger charge is 2.17. The van der Waals surface area contributed by atoms with Gasteiger partial charge in [0.05, 0.1) is 12.8 Å². The fourth-order valence-corrected chi connectivity index (χ4v) is 1.10. The lowest BCUT2D eigenvalue weighted by molar-refractivity contribution is 0.0481. The maximum Gasteiger partial charge on any atom is 0.396 e. The summed E-state index contributed by atoms with van der Waals surface area (Å²) in [5.41, 5.74) is 0.287. The van der Waals surface area contributed by atoms with Crippen LogP contribution in [0.2, 0.25) is 0 Å². The summed E-state index contributed by atoms with van der Waals surface area (Å²) in [5.74, 6) is -1.40. The van der Waals surface area contributed by atoms with Gasteiger partial charge in [0.2, 0.25) is 0 Å². The van der Waals surface area contributed by atoms with E-state index in [-0.39, 0.29) is 24.1 Å². The first kappa shape index (κ1) is 11.2. The number of ether oxygens (including phenoxy) is 1. The Morgan fingerprint density at radius 2 is 2.29 bits per heavy atom. The van der Waals surface area contributed by atoms with E-state index in [1.54, 1.807) is 6.92 Å². The molecule has 0 aromatic carbocycles. The first-order chi connectivity index (χ1) is 8.20.